The fraction of sp³-hybridized carbons (Fsp3) is 0.350. The molecule has 1 amide bonds. The number of aryl methyl sites for hydroxylation is 1. The molecule has 0 saturated carbocycles. The number of carbonyl (C=O) groups is 1. The Morgan fingerprint density at radius 2 is 1.59 bits per heavy atom. The monoisotopic (exact) mass is 450 g/mol. The van der Waals surface area contributed by atoms with Crippen LogP contribution >= 0.6 is 15.9 Å². The Morgan fingerprint density at radius 3 is 2.26 bits per heavy atom. The maximum atomic E-state index is 12.6. The van der Waals surface area contributed by atoms with Crippen LogP contribution in [0.3, 0.4) is 0 Å². The van der Waals surface area contributed by atoms with Gasteiger partial charge in [0.15, 0.2) is 0 Å². The van der Waals surface area contributed by atoms with E-state index in [0.717, 1.165) is 15.6 Å². The van der Waals surface area contributed by atoms with Crippen LogP contribution < -0.4 is 0 Å². The second kappa shape index (κ2) is 8.99. The van der Waals surface area contributed by atoms with E-state index in [4.69, 9.17) is 0 Å². The van der Waals surface area contributed by atoms with Crippen LogP contribution in [0.25, 0.3) is 0 Å². The van der Waals surface area contributed by atoms with Crippen molar-refractivity contribution >= 4 is 31.9 Å². The van der Waals surface area contributed by atoms with Gasteiger partial charge in [0.25, 0.3) is 0 Å². The summed E-state index contributed by atoms with van der Waals surface area (Å²) in [5.74, 6) is 0.0834. The first-order chi connectivity index (χ1) is 12.9. The van der Waals surface area contributed by atoms with Gasteiger partial charge in [0.2, 0.25) is 15.9 Å². The van der Waals surface area contributed by atoms with Crippen LogP contribution in [-0.4, -0.2) is 49.7 Å². The molecule has 2 aromatic carbocycles. The zero-order valence-electron chi connectivity index (χ0n) is 15.1. The summed E-state index contributed by atoms with van der Waals surface area (Å²) >= 11 is 3.44. The second-order valence-corrected chi connectivity index (χ2v) is 9.54. The quantitative estimate of drug-likeness (QED) is 0.679. The van der Waals surface area contributed by atoms with Crippen LogP contribution in [0.1, 0.15) is 17.5 Å². The van der Waals surface area contributed by atoms with Gasteiger partial charge in [-0.2, -0.15) is 4.31 Å². The molecule has 0 radical (unpaired) electrons. The Bertz CT molecular complexity index is 879. The molecule has 0 spiro atoms. The summed E-state index contributed by atoms with van der Waals surface area (Å²) in [6.45, 7) is 1.62. The smallest absolute Gasteiger partial charge is 0.222 e. The number of nitrogens with zero attached hydrogens (tertiary/aromatic N) is 2. The van der Waals surface area contributed by atoms with Crippen LogP contribution in [0.15, 0.2) is 59.1 Å². The number of sulfonamides is 1. The first-order valence-corrected chi connectivity index (χ1v) is 11.4. The Hall–Kier alpha value is -1.70. The summed E-state index contributed by atoms with van der Waals surface area (Å²) in [5.41, 5.74) is 1.90. The minimum absolute atomic E-state index is 0.00463. The maximum Gasteiger partial charge on any atom is 0.222 e. The molecule has 5 nitrogen and oxygen atoms in total. The highest BCUT2D eigenvalue weighted by Crippen LogP contribution is 2.16. The minimum Gasteiger partial charge on any atom is -0.340 e. The van der Waals surface area contributed by atoms with Crippen molar-refractivity contribution in [2.75, 3.05) is 26.2 Å². The molecule has 0 unspecified atom stereocenters. The lowest BCUT2D eigenvalue weighted by Gasteiger charge is -2.34. The standard InChI is InChI=1S/C20H23BrN2O3S/c21-19-8-4-7-17(15-19)9-10-20(24)22-11-13-23(14-12-22)27(25,26)16-18-5-2-1-3-6-18/h1-8,15H,9-14,16H2. The SMILES string of the molecule is O=C(CCc1cccc(Br)c1)N1CCN(S(=O)(=O)Cc2ccccc2)CC1. The molecule has 27 heavy (non-hydrogen) atoms. The van der Waals surface area contributed by atoms with Crippen molar-refractivity contribution in [1.29, 1.82) is 0 Å². The van der Waals surface area contributed by atoms with E-state index in [0.29, 0.717) is 39.0 Å². The molecule has 2 aromatic rings. The Balaban J connectivity index is 1.50. The zero-order valence-corrected chi connectivity index (χ0v) is 17.5. The zero-order chi connectivity index (χ0) is 19.3. The molecule has 0 aliphatic carbocycles. The highest BCUT2D eigenvalue weighted by molar-refractivity contribution is 9.10. The number of hydrogen-bond donors (Lipinski definition) is 0. The van der Waals surface area contributed by atoms with Crippen molar-refractivity contribution in [3.63, 3.8) is 0 Å². The van der Waals surface area contributed by atoms with E-state index < -0.39 is 10.0 Å². The Kier molecular flexibility index (Phi) is 6.68. The van der Waals surface area contributed by atoms with Gasteiger partial charge in [-0.05, 0) is 29.7 Å². The largest absolute Gasteiger partial charge is 0.340 e. The van der Waals surface area contributed by atoms with Gasteiger partial charge in [-0.1, -0.05) is 58.4 Å². The van der Waals surface area contributed by atoms with Crippen LogP contribution in [0.2, 0.25) is 0 Å². The molecule has 0 bridgehead atoms. The average Bonchev–Trinajstić information content (AvgIpc) is 2.67. The third-order valence-electron chi connectivity index (χ3n) is 4.69. The lowest BCUT2D eigenvalue weighted by molar-refractivity contribution is -0.132. The Labute approximate surface area is 169 Å². The molecule has 3 rings (SSSR count). The summed E-state index contributed by atoms with van der Waals surface area (Å²) < 4.78 is 27.7. The highest BCUT2D eigenvalue weighted by Gasteiger charge is 2.28. The fourth-order valence-electron chi connectivity index (χ4n) is 3.19. The van der Waals surface area contributed by atoms with Crippen molar-refractivity contribution in [1.82, 2.24) is 9.21 Å². The van der Waals surface area contributed by atoms with Gasteiger partial charge < -0.3 is 4.90 Å². The van der Waals surface area contributed by atoms with Crippen LogP contribution in [0.5, 0.6) is 0 Å². The topological polar surface area (TPSA) is 57.7 Å². The average molecular weight is 451 g/mol. The molecule has 1 saturated heterocycles. The van der Waals surface area contributed by atoms with E-state index >= 15 is 0 Å². The first kappa shape index (κ1) is 20.0. The minimum atomic E-state index is -3.36. The lowest BCUT2D eigenvalue weighted by atomic mass is 10.1. The van der Waals surface area contributed by atoms with E-state index in [9.17, 15) is 13.2 Å². The number of carbonyl (C=O) groups excluding carboxylic acids is 1. The molecular formula is C20H23BrN2O3S. The Morgan fingerprint density at radius 1 is 0.926 bits per heavy atom. The molecule has 1 aliphatic heterocycles. The van der Waals surface area contributed by atoms with E-state index in [1.165, 1.54) is 4.31 Å². The first-order valence-electron chi connectivity index (χ1n) is 8.98. The number of piperazine rings is 1. The van der Waals surface area contributed by atoms with Crippen molar-refractivity contribution < 1.29 is 13.2 Å². The summed E-state index contributed by atoms with van der Waals surface area (Å²) in [5, 5.41) is 0. The molecule has 0 N–H and O–H groups in total. The maximum absolute atomic E-state index is 12.6. The van der Waals surface area contributed by atoms with Gasteiger partial charge in [0.05, 0.1) is 5.75 Å². The predicted octanol–water partition coefficient (Wildman–Crippen LogP) is 3.06. The number of hydrogen-bond acceptors (Lipinski definition) is 3. The number of benzene rings is 2. The summed E-state index contributed by atoms with van der Waals surface area (Å²) in [7, 11) is -3.36. The normalized spacial score (nSPS) is 15.7. The lowest BCUT2D eigenvalue weighted by Crippen LogP contribution is -2.50. The third-order valence-corrected chi connectivity index (χ3v) is 7.04. The van der Waals surface area contributed by atoms with Crippen LogP contribution in [-0.2, 0) is 27.0 Å². The summed E-state index contributed by atoms with van der Waals surface area (Å²) in [6.07, 6.45) is 1.12. The molecule has 0 aromatic heterocycles. The van der Waals surface area contributed by atoms with Crippen LogP contribution in [0.4, 0.5) is 0 Å². The van der Waals surface area contributed by atoms with Gasteiger partial charge in [-0.15, -0.1) is 0 Å². The van der Waals surface area contributed by atoms with Crippen molar-refractivity contribution in [3.05, 3.63) is 70.2 Å². The number of halogens is 1. The summed E-state index contributed by atoms with van der Waals surface area (Å²) in [4.78, 5) is 14.2. The van der Waals surface area contributed by atoms with Crippen LogP contribution in [0, 0.1) is 0 Å². The van der Waals surface area contributed by atoms with E-state index in [1.807, 2.05) is 54.6 Å². The molecule has 1 heterocycles. The molecular weight excluding hydrogens is 428 g/mol. The predicted molar refractivity (Wildman–Crippen MR) is 110 cm³/mol. The molecule has 0 atom stereocenters. The number of amides is 1. The van der Waals surface area contributed by atoms with E-state index in [-0.39, 0.29) is 11.7 Å². The third kappa shape index (κ3) is 5.64. The highest BCUT2D eigenvalue weighted by atomic mass is 79.9. The fourth-order valence-corrected chi connectivity index (χ4v) is 5.16. The molecule has 144 valence electrons. The van der Waals surface area contributed by atoms with Gasteiger partial charge in [0, 0.05) is 37.1 Å². The molecule has 7 heteroatoms. The van der Waals surface area contributed by atoms with Crippen molar-refractivity contribution in [2.24, 2.45) is 0 Å². The van der Waals surface area contributed by atoms with Gasteiger partial charge >= 0.3 is 0 Å². The van der Waals surface area contributed by atoms with E-state index in [2.05, 4.69) is 15.9 Å². The molecule has 1 aliphatic rings. The van der Waals surface area contributed by atoms with Gasteiger partial charge in [-0.3, -0.25) is 4.79 Å². The van der Waals surface area contributed by atoms with Crippen molar-refractivity contribution in [2.45, 2.75) is 18.6 Å². The van der Waals surface area contributed by atoms with Gasteiger partial charge in [0.1, 0.15) is 0 Å². The summed E-state index contributed by atoms with van der Waals surface area (Å²) in [6, 6.07) is 17.1. The van der Waals surface area contributed by atoms with Gasteiger partial charge in [-0.25, -0.2) is 8.42 Å². The second-order valence-electron chi connectivity index (χ2n) is 6.65. The van der Waals surface area contributed by atoms with E-state index in [1.54, 1.807) is 4.90 Å². The number of rotatable bonds is 6. The molecule has 1 fully saturated rings. The van der Waals surface area contributed by atoms with Crippen molar-refractivity contribution in [3.8, 4) is 0 Å².